The lowest BCUT2D eigenvalue weighted by molar-refractivity contribution is 0.254. The van der Waals surface area contributed by atoms with Crippen molar-refractivity contribution in [3.05, 3.63) is 65.1 Å². The van der Waals surface area contributed by atoms with Crippen molar-refractivity contribution < 1.29 is 4.39 Å². The van der Waals surface area contributed by atoms with Gasteiger partial charge in [-0.1, -0.05) is 18.2 Å². The Balaban J connectivity index is 1.74. The zero-order valence-electron chi connectivity index (χ0n) is 18.2. The topological polar surface area (TPSA) is 84.3 Å². The van der Waals surface area contributed by atoms with Gasteiger partial charge >= 0.3 is 0 Å². The van der Waals surface area contributed by atoms with E-state index in [1.165, 1.54) is 6.07 Å². The van der Waals surface area contributed by atoms with E-state index in [-0.39, 0.29) is 5.82 Å². The molecule has 1 saturated heterocycles. The van der Waals surface area contributed by atoms with Gasteiger partial charge in [0.1, 0.15) is 5.82 Å². The van der Waals surface area contributed by atoms with E-state index >= 15 is 0 Å². The number of hydrogen-bond acceptors (Lipinski definition) is 6. The molecule has 4 N–H and O–H groups in total. The number of aryl methyl sites for hydroxylation is 2. The molecule has 0 atom stereocenters. The molecule has 0 amide bonds. The first-order valence-electron chi connectivity index (χ1n) is 10.3. The van der Waals surface area contributed by atoms with E-state index in [1.54, 1.807) is 18.3 Å². The molecule has 3 rings (SSSR count). The zero-order chi connectivity index (χ0) is 21.8. The van der Waals surface area contributed by atoms with Crippen molar-refractivity contribution in [2.45, 2.75) is 39.7 Å². The van der Waals surface area contributed by atoms with Crippen LogP contribution in [0.15, 0.2) is 47.9 Å². The molecule has 30 heavy (non-hydrogen) atoms. The van der Waals surface area contributed by atoms with Crippen molar-refractivity contribution in [2.75, 3.05) is 25.0 Å². The van der Waals surface area contributed by atoms with Crippen molar-refractivity contribution >= 4 is 5.95 Å². The van der Waals surface area contributed by atoms with Crippen LogP contribution in [-0.4, -0.2) is 41.0 Å². The third kappa shape index (κ3) is 4.56. The maximum Gasteiger partial charge on any atom is 0.225 e. The molecule has 0 aliphatic carbocycles. The average molecular weight is 411 g/mol. The van der Waals surface area contributed by atoms with Crippen LogP contribution in [0.4, 0.5) is 10.3 Å². The Kier molecular flexibility index (Phi) is 6.59. The minimum atomic E-state index is -0.255. The maximum atomic E-state index is 14.3. The smallest absolute Gasteiger partial charge is 0.225 e. The molecule has 160 valence electrons. The molecular weight excluding hydrogens is 379 g/mol. The molecule has 7 heteroatoms. The summed E-state index contributed by atoms with van der Waals surface area (Å²) in [6.45, 7) is 7.44. The normalized spacial score (nSPS) is 16.1. The molecule has 0 radical (unpaired) electrons. The Morgan fingerprint density at radius 2 is 1.77 bits per heavy atom. The summed E-state index contributed by atoms with van der Waals surface area (Å²) in [6.07, 6.45) is 5.35. The highest BCUT2D eigenvalue weighted by Gasteiger charge is 2.25. The van der Waals surface area contributed by atoms with Gasteiger partial charge in [0, 0.05) is 37.3 Å². The summed E-state index contributed by atoms with van der Waals surface area (Å²) >= 11 is 0. The Labute approximate surface area is 178 Å². The molecule has 0 spiro atoms. The van der Waals surface area contributed by atoms with Gasteiger partial charge in [-0.2, -0.15) is 0 Å². The molecule has 1 aliphatic rings. The summed E-state index contributed by atoms with van der Waals surface area (Å²) in [5.41, 5.74) is 15.6. The Morgan fingerprint density at radius 3 is 2.33 bits per heavy atom. The van der Waals surface area contributed by atoms with Crippen LogP contribution in [-0.2, 0) is 0 Å². The van der Waals surface area contributed by atoms with E-state index < -0.39 is 0 Å². The predicted octanol–water partition coefficient (Wildman–Crippen LogP) is 3.46. The molecule has 6 nitrogen and oxygen atoms in total. The Bertz CT molecular complexity index is 937. The second-order valence-corrected chi connectivity index (χ2v) is 7.86. The van der Waals surface area contributed by atoms with Crippen LogP contribution in [0.2, 0.25) is 0 Å². The number of halogens is 1. The summed E-state index contributed by atoms with van der Waals surface area (Å²) in [5, 5.41) is 0. The molecule has 2 aromatic rings. The van der Waals surface area contributed by atoms with Gasteiger partial charge in [-0.25, -0.2) is 14.4 Å². The molecule has 0 unspecified atom stereocenters. The number of anilines is 1. The van der Waals surface area contributed by atoms with Crippen molar-refractivity contribution in [2.24, 2.45) is 11.5 Å². The molecule has 1 fully saturated rings. The van der Waals surface area contributed by atoms with E-state index in [0.29, 0.717) is 23.4 Å². The van der Waals surface area contributed by atoms with Gasteiger partial charge in [0.25, 0.3) is 0 Å². The molecule has 1 aliphatic heterocycles. The predicted molar refractivity (Wildman–Crippen MR) is 120 cm³/mol. The zero-order valence-corrected chi connectivity index (χ0v) is 18.2. The fraction of sp³-hybridized carbons (Fsp3) is 0.391. The number of nitrogens with two attached hydrogens (primary N) is 2. The van der Waals surface area contributed by atoms with Crippen LogP contribution < -0.4 is 16.4 Å². The second-order valence-electron chi connectivity index (χ2n) is 7.86. The quantitative estimate of drug-likeness (QED) is 0.735. The number of rotatable bonds is 5. The monoisotopic (exact) mass is 410 g/mol. The molecular formula is C23H31FN6. The average Bonchev–Trinajstić information content (AvgIpc) is 2.74. The highest BCUT2D eigenvalue weighted by atomic mass is 19.1. The number of hydrogen-bond donors (Lipinski definition) is 2. The fourth-order valence-corrected chi connectivity index (χ4v) is 3.94. The van der Waals surface area contributed by atoms with Crippen LogP contribution >= 0.6 is 0 Å². The molecule has 1 aromatic heterocycles. The molecule has 0 saturated carbocycles. The van der Waals surface area contributed by atoms with Crippen LogP contribution in [0.3, 0.4) is 0 Å². The van der Waals surface area contributed by atoms with E-state index in [0.717, 1.165) is 48.5 Å². The third-order valence-corrected chi connectivity index (χ3v) is 5.74. The largest absolute Gasteiger partial charge is 0.404 e. The third-order valence-electron chi connectivity index (χ3n) is 5.74. The van der Waals surface area contributed by atoms with Gasteiger partial charge < -0.3 is 21.3 Å². The lowest BCUT2D eigenvalue weighted by Gasteiger charge is -2.38. The standard InChI is InChI=1S/C23H31FN6/c1-15(14-25)13-21(26)29(4)18-9-11-30(12-10-18)23-27-16(2)22(17(3)28-23)19-7-5-6-8-20(19)24/h5-8,13-14,18H,9-12,25-26H2,1-4H3/b15-14-,21-13+. The number of piperidine rings is 1. The lowest BCUT2D eigenvalue weighted by atomic mass is 10.0. The molecule has 1 aromatic carbocycles. The number of allylic oxidation sites excluding steroid dienone is 2. The van der Waals surface area contributed by atoms with Gasteiger partial charge in [0.05, 0.1) is 17.2 Å². The van der Waals surface area contributed by atoms with Crippen molar-refractivity contribution in [1.82, 2.24) is 14.9 Å². The number of aromatic nitrogens is 2. The number of nitrogens with zero attached hydrogens (tertiary/aromatic N) is 4. The first-order chi connectivity index (χ1) is 14.3. The van der Waals surface area contributed by atoms with E-state index in [2.05, 4.69) is 9.80 Å². The van der Waals surface area contributed by atoms with Gasteiger partial charge in [0.15, 0.2) is 0 Å². The second kappa shape index (κ2) is 9.15. The van der Waals surface area contributed by atoms with Gasteiger partial charge in [-0.3, -0.25) is 0 Å². The molecule has 0 bridgehead atoms. The van der Waals surface area contributed by atoms with Crippen molar-refractivity contribution in [1.29, 1.82) is 0 Å². The van der Waals surface area contributed by atoms with Gasteiger partial charge in [-0.15, -0.1) is 0 Å². The van der Waals surface area contributed by atoms with Crippen LogP contribution in [0.1, 0.15) is 31.2 Å². The Hall–Kier alpha value is -3.09. The van der Waals surface area contributed by atoms with Crippen molar-refractivity contribution in [3.63, 3.8) is 0 Å². The van der Waals surface area contributed by atoms with E-state index in [9.17, 15) is 4.39 Å². The van der Waals surface area contributed by atoms with Gasteiger partial charge in [0.2, 0.25) is 5.95 Å². The summed E-state index contributed by atoms with van der Waals surface area (Å²) in [5.74, 6) is 1.16. The fourth-order valence-electron chi connectivity index (χ4n) is 3.94. The van der Waals surface area contributed by atoms with Crippen molar-refractivity contribution in [3.8, 4) is 11.1 Å². The SMILES string of the molecule is CC(=C/N)/C=C(\N)N(C)C1CCN(c2nc(C)c(-c3ccccc3F)c(C)n2)CC1. The Morgan fingerprint density at radius 1 is 1.17 bits per heavy atom. The lowest BCUT2D eigenvalue weighted by Crippen LogP contribution is -2.44. The first-order valence-corrected chi connectivity index (χ1v) is 10.3. The highest BCUT2D eigenvalue weighted by molar-refractivity contribution is 5.69. The van der Waals surface area contributed by atoms with Gasteiger partial charge in [-0.05, 0) is 57.5 Å². The van der Waals surface area contributed by atoms with E-state index in [1.807, 2.05) is 40.0 Å². The summed E-state index contributed by atoms with van der Waals surface area (Å²) < 4.78 is 14.3. The maximum absolute atomic E-state index is 14.3. The van der Waals surface area contributed by atoms with Crippen LogP contribution in [0.5, 0.6) is 0 Å². The van der Waals surface area contributed by atoms with Crippen LogP contribution in [0, 0.1) is 19.7 Å². The minimum absolute atomic E-state index is 0.255. The highest BCUT2D eigenvalue weighted by Crippen LogP contribution is 2.30. The minimum Gasteiger partial charge on any atom is -0.404 e. The number of benzene rings is 1. The van der Waals surface area contributed by atoms with Crippen LogP contribution in [0.25, 0.3) is 11.1 Å². The first kappa shape index (κ1) is 21.6. The summed E-state index contributed by atoms with van der Waals surface area (Å²) in [7, 11) is 2.02. The summed E-state index contributed by atoms with van der Waals surface area (Å²) in [6, 6.07) is 7.11. The van der Waals surface area contributed by atoms with E-state index in [4.69, 9.17) is 21.4 Å². The summed E-state index contributed by atoms with van der Waals surface area (Å²) in [4.78, 5) is 13.7. The molecule has 2 heterocycles.